The molecule has 41 heavy (non-hydrogen) atoms. The van der Waals surface area contributed by atoms with Crippen LogP contribution in [0.2, 0.25) is 10.0 Å². The van der Waals surface area contributed by atoms with Crippen LogP contribution in [0.1, 0.15) is 81.4 Å². The van der Waals surface area contributed by atoms with E-state index in [2.05, 4.69) is 70.4 Å². The highest BCUT2D eigenvalue weighted by Crippen LogP contribution is 2.35. The second kappa shape index (κ2) is 13.4. The van der Waals surface area contributed by atoms with Crippen LogP contribution in [0.25, 0.3) is 0 Å². The van der Waals surface area contributed by atoms with Crippen LogP contribution in [-0.2, 0) is 26.8 Å². The van der Waals surface area contributed by atoms with E-state index >= 15 is 0 Å². The van der Waals surface area contributed by atoms with Crippen LogP contribution in [0.5, 0.6) is 0 Å². The van der Waals surface area contributed by atoms with Gasteiger partial charge >= 0.3 is 0 Å². The normalized spacial score (nSPS) is 12.5. The van der Waals surface area contributed by atoms with Crippen molar-refractivity contribution >= 4 is 63.8 Å². The molecule has 0 spiro atoms. The molecule has 2 amide bonds. The van der Waals surface area contributed by atoms with E-state index in [1.54, 1.807) is 24.3 Å². The second-order valence-corrected chi connectivity index (χ2v) is 12.8. The second-order valence-electron chi connectivity index (χ2n) is 11.5. The predicted octanol–water partition coefficient (Wildman–Crippen LogP) is 8.98. The van der Waals surface area contributed by atoms with Crippen LogP contribution in [-0.4, -0.2) is 23.0 Å². The van der Waals surface area contributed by atoms with Crippen LogP contribution >= 0.6 is 34.8 Å². The number of carbonyl (C=O) groups is 3. The molecule has 1 atom stereocenters. The Balaban J connectivity index is 1.76. The van der Waals surface area contributed by atoms with E-state index in [4.69, 9.17) is 34.8 Å². The van der Waals surface area contributed by atoms with Crippen LogP contribution in [0.3, 0.4) is 0 Å². The number of alkyl halides is 1. The van der Waals surface area contributed by atoms with Crippen molar-refractivity contribution < 1.29 is 14.4 Å². The van der Waals surface area contributed by atoms with Gasteiger partial charge in [-0.2, -0.15) is 0 Å². The molecule has 2 N–H and O–H groups in total. The molecule has 5 nitrogen and oxygen atoms in total. The number of ketones is 1. The fourth-order valence-electron chi connectivity index (χ4n) is 4.36. The zero-order valence-corrected chi connectivity index (χ0v) is 26.6. The average Bonchev–Trinajstić information content (AvgIpc) is 2.94. The number of hydrogen-bond acceptors (Lipinski definition) is 3. The molecule has 0 unspecified atom stereocenters. The number of carbonyl (C=O) groups excluding carboxylic acids is 3. The maximum absolute atomic E-state index is 13.2. The zero-order valence-electron chi connectivity index (χ0n) is 24.3. The maximum atomic E-state index is 13.2. The number of Topliss-reactive ketones (excluding diaryl/α,β-unsaturated/α-hetero) is 1. The van der Waals surface area contributed by atoms with Gasteiger partial charge in [0.15, 0.2) is 11.2 Å². The molecule has 3 aromatic carbocycles. The summed E-state index contributed by atoms with van der Waals surface area (Å²) in [5, 5.41) is 4.55. The molecule has 3 aromatic rings. The third-order valence-corrected chi connectivity index (χ3v) is 8.78. The fourth-order valence-corrected chi connectivity index (χ4v) is 4.88. The zero-order chi connectivity index (χ0) is 30.5. The van der Waals surface area contributed by atoms with Crippen LogP contribution in [0.15, 0.2) is 60.7 Å². The Kier molecular flexibility index (Phi) is 10.7. The van der Waals surface area contributed by atoms with Gasteiger partial charge in [-0.1, -0.05) is 95.1 Å². The first-order valence-corrected chi connectivity index (χ1v) is 14.9. The van der Waals surface area contributed by atoms with Crippen LogP contribution in [0.4, 0.5) is 11.4 Å². The number of hydrogen-bond donors (Lipinski definition) is 2. The largest absolute Gasteiger partial charge is 0.326 e. The van der Waals surface area contributed by atoms with E-state index < -0.39 is 17.1 Å². The Hall–Kier alpha value is -2.86. The van der Waals surface area contributed by atoms with Crippen molar-refractivity contribution in [3.8, 4) is 0 Å². The highest BCUT2D eigenvalue weighted by atomic mass is 35.5. The molecule has 0 aliphatic heterocycles. The summed E-state index contributed by atoms with van der Waals surface area (Å²) in [4.78, 5) is 38.8. The van der Waals surface area contributed by atoms with E-state index in [-0.39, 0.29) is 39.4 Å². The van der Waals surface area contributed by atoms with Crippen LogP contribution in [0, 0.1) is 0 Å². The average molecular weight is 616 g/mol. The summed E-state index contributed by atoms with van der Waals surface area (Å²) in [5.74, 6) is -1.56. The molecule has 0 fully saturated rings. The Labute approximate surface area is 258 Å². The molecular formula is C33H37Cl3N2O3. The lowest BCUT2D eigenvalue weighted by atomic mass is 9.74. The highest BCUT2D eigenvalue weighted by Gasteiger charge is 2.28. The van der Waals surface area contributed by atoms with Crippen molar-refractivity contribution in [3.05, 3.63) is 93.0 Å². The van der Waals surface area contributed by atoms with Gasteiger partial charge in [0.05, 0.1) is 17.1 Å². The molecule has 0 aliphatic rings. The quantitative estimate of drug-likeness (QED) is 0.128. The minimum Gasteiger partial charge on any atom is -0.326 e. The molecule has 0 aliphatic carbocycles. The van der Waals surface area contributed by atoms with Crippen LogP contribution < -0.4 is 10.6 Å². The maximum Gasteiger partial charge on any atom is 0.250 e. The summed E-state index contributed by atoms with van der Waals surface area (Å²) in [5.41, 5.74) is 4.18. The number of rotatable bonds is 11. The fraction of sp³-hybridized carbons (Fsp3) is 0.364. The van der Waals surface area contributed by atoms with Crippen molar-refractivity contribution in [1.82, 2.24) is 0 Å². The minimum absolute atomic E-state index is 0.0317. The lowest BCUT2D eigenvalue weighted by Gasteiger charge is -2.30. The first-order valence-electron chi connectivity index (χ1n) is 13.7. The highest BCUT2D eigenvalue weighted by molar-refractivity contribution is 6.46. The Morgan fingerprint density at radius 3 is 2.17 bits per heavy atom. The summed E-state index contributed by atoms with van der Waals surface area (Å²) in [6, 6.07) is 17.4. The third-order valence-electron chi connectivity index (χ3n) is 7.82. The summed E-state index contributed by atoms with van der Waals surface area (Å²) in [6.45, 7) is 13.2. The van der Waals surface area contributed by atoms with Gasteiger partial charge in [0.2, 0.25) is 11.8 Å². The molecule has 0 saturated carbocycles. The Bertz CT molecular complexity index is 1450. The van der Waals surface area contributed by atoms with Gasteiger partial charge in [0.1, 0.15) is 0 Å². The van der Waals surface area contributed by atoms with E-state index in [9.17, 15) is 14.4 Å². The first-order chi connectivity index (χ1) is 19.2. The molecule has 0 saturated heterocycles. The van der Waals surface area contributed by atoms with Crippen molar-refractivity contribution in [2.75, 3.05) is 10.6 Å². The standard InChI is InChI=1S/C33H37Cl3N2O3/c1-7-32(3,4)22-13-12-20(25(18-22)33(5,6)8-2)17-28(39)37-24-11-9-10-21(16-24)30(40)29(36)31(41)38-27-19-23(34)14-15-26(27)35/h9-16,18-19,29H,7-8,17H2,1-6H3,(H,37,39)(H,38,41)/t29-/m0/s1. The van der Waals surface area contributed by atoms with Crippen molar-refractivity contribution in [2.24, 2.45) is 0 Å². The topological polar surface area (TPSA) is 75.3 Å². The van der Waals surface area contributed by atoms with Crippen molar-refractivity contribution in [1.29, 1.82) is 0 Å². The Morgan fingerprint density at radius 1 is 0.829 bits per heavy atom. The number of amides is 2. The first kappa shape index (κ1) is 32.7. The number of benzene rings is 3. The van der Waals surface area contributed by atoms with Gasteiger partial charge in [-0.05, 0) is 70.7 Å². The third kappa shape index (κ3) is 8.12. The summed E-state index contributed by atoms with van der Waals surface area (Å²) < 4.78 is 0. The molecule has 0 bridgehead atoms. The van der Waals surface area contributed by atoms with E-state index in [0.717, 1.165) is 24.0 Å². The van der Waals surface area contributed by atoms with Crippen molar-refractivity contribution in [2.45, 2.75) is 77.0 Å². The molecule has 8 heteroatoms. The summed E-state index contributed by atoms with van der Waals surface area (Å²) in [6.07, 6.45) is 2.12. The van der Waals surface area contributed by atoms with Gasteiger partial charge in [0, 0.05) is 16.3 Å². The van der Waals surface area contributed by atoms with Gasteiger partial charge in [0.25, 0.3) is 0 Å². The number of halogens is 3. The van der Waals surface area contributed by atoms with Gasteiger partial charge < -0.3 is 10.6 Å². The molecule has 3 rings (SSSR count). The smallest absolute Gasteiger partial charge is 0.250 e. The van der Waals surface area contributed by atoms with Gasteiger partial charge in [-0.25, -0.2) is 0 Å². The van der Waals surface area contributed by atoms with Gasteiger partial charge in [-0.15, -0.1) is 11.6 Å². The lowest BCUT2D eigenvalue weighted by molar-refractivity contribution is -0.116. The number of anilines is 2. The van der Waals surface area contributed by atoms with E-state index in [1.165, 1.54) is 23.8 Å². The van der Waals surface area contributed by atoms with Crippen molar-refractivity contribution in [3.63, 3.8) is 0 Å². The lowest BCUT2D eigenvalue weighted by Crippen LogP contribution is -2.30. The molecule has 218 valence electrons. The van der Waals surface area contributed by atoms with Gasteiger partial charge in [-0.3, -0.25) is 14.4 Å². The number of nitrogens with one attached hydrogen (secondary N) is 2. The molecule has 0 aromatic heterocycles. The monoisotopic (exact) mass is 614 g/mol. The Morgan fingerprint density at radius 2 is 1.51 bits per heavy atom. The SMILES string of the molecule is CCC(C)(C)c1ccc(CC(=O)Nc2cccc(C(=O)[C@H](Cl)C(=O)Nc3cc(Cl)ccc3Cl)c2)c(C(C)(C)CC)c1. The predicted molar refractivity (Wildman–Crippen MR) is 171 cm³/mol. The molecule has 0 heterocycles. The van der Waals surface area contributed by atoms with E-state index in [1.807, 2.05) is 0 Å². The van der Waals surface area contributed by atoms with E-state index in [0.29, 0.717) is 10.7 Å². The minimum atomic E-state index is -1.51. The summed E-state index contributed by atoms with van der Waals surface area (Å²) >= 11 is 18.3. The summed E-state index contributed by atoms with van der Waals surface area (Å²) in [7, 11) is 0. The molecule has 0 radical (unpaired) electrons. The molecular weight excluding hydrogens is 579 g/mol.